The van der Waals surface area contributed by atoms with E-state index in [1.165, 1.54) is 31.2 Å². The van der Waals surface area contributed by atoms with Crippen molar-refractivity contribution < 1.29 is 4.21 Å². The monoisotopic (exact) mass is 369 g/mol. The molecule has 0 aliphatic heterocycles. The van der Waals surface area contributed by atoms with Crippen LogP contribution in [-0.4, -0.2) is 25.9 Å². The minimum Gasteiger partial charge on any atom is -0.305 e. The van der Waals surface area contributed by atoms with E-state index in [9.17, 15) is 4.21 Å². The smallest absolute Gasteiger partial charge is 0.130 e. The van der Waals surface area contributed by atoms with Gasteiger partial charge in [-0.15, -0.1) is 0 Å². The minimum atomic E-state index is -0.829. The number of benzene rings is 1. The van der Waals surface area contributed by atoms with Crippen molar-refractivity contribution in [1.29, 1.82) is 0 Å². The summed E-state index contributed by atoms with van der Waals surface area (Å²) in [6, 6.07) is 16.6. The molecule has 5 heteroatoms. The van der Waals surface area contributed by atoms with Crippen molar-refractivity contribution in [3.63, 3.8) is 0 Å². The van der Waals surface area contributed by atoms with Crippen LogP contribution in [0.25, 0.3) is 5.52 Å². The second-order valence-corrected chi connectivity index (χ2v) is 8.13. The first-order valence-corrected chi connectivity index (χ1v) is 10.8. The Morgan fingerprint density at radius 2 is 1.81 bits per heavy atom. The molecule has 1 aliphatic rings. The molecule has 3 aromatic rings. The Labute approximate surface area is 158 Å². The summed E-state index contributed by atoms with van der Waals surface area (Å²) in [6.45, 7) is 2.21. The fourth-order valence-electron chi connectivity index (χ4n) is 3.42. The van der Waals surface area contributed by atoms with Gasteiger partial charge in [0.1, 0.15) is 5.82 Å². The average Bonchev–Trinajstić information content (AvgIpc) is 3.32. The molecule has 26 heavy (non-hydrogen) atoms. The zero-order valence-corrected chi connectivity index (χ0v) is 16.3. The van der Waals surface area contributed by atoms with E-state index in [-0.39, 0.29) is 0 Å². The van der Waals surface area contributed by atoms with Crippen LogP contribution >= 0.6 is 0 Å². The highest BCUT2D eigenvalue weighted by Crippen LogP contribution is 2.22. The second kappa shape index (κ2) is 9.10. The van der Waals surface area contributed by atoms with Crippen LogP contribution < -0.4 is 5.32 Å². The van der Waals surface area contributed by atoms with Gasteiger partial charge in [-0.05, 0) is 44.0 Å². The van der Waals surface area contributed by atoms with Crippen LogP contribution in [0.15, 0.2) is 65.8 Å². The molecule has 0 radical (unpaired) electrons. The van der Waals surface area contributed by atoms with Crippen molar-refractivity contribution in [2.24, 2.45) is 0 Å². The van der Waals surface area contributed by atoms with Crippen molar-refractivity contribution in [2.75, 3.05) is 6.26 Å². The first-order chi connectivity index (χ1) is 12.6. The molecule has 1 fully saturated rings. The highest BCUT2D eigenvalue weighted by molar-refractivity contribution is 7.84. The van der Waals surface area contributed by atoms with E-state index in [1.807, 2.05) is 36.5 Å². The lowest BCUT2D eigenvalue weighted by molar-refractivity contribution is 0.446. The fourth-order valence-corrected chi connectivity index (χ4v) is 3.96. The largest absolute Gasteiger partial charge is 0.305 e. The number of imidazole rings is 1. The van der Waals surface area contributed by atoms with Crippen LogP contribution in [0.4, 0.5) is 0 Å². The molecule has 2 aromatic heterocycles. The molecule has 0 saturated heterocycles. The van der Waals surface area contributed by atoms with E-state index < -0.39 is 10.8 Å². The molecule has 138 valence electrons. The van der Waals surface area contributed by atoms with Crippen LogP contribution in [0.1, 0.15) is 44.5 Å². The van der Waals surface area contributed by atoms with Crippen LogP contribution in [0, 0.1) is 0 Å². The quantitative estimate of drug-likeness (QED) is 0.744. The summed E-state index contributed by atoms with van der Waals surface area (Å²) in [5, 5.41) is 3.69. The molecule has 0 amide bonds. The SMILES string of the molecule is CC(NC1CCCC1)c1ncc2ccccn12.CS(=O)c1ccccc1. The molecule has 2 unspecified atom stereocenters. The number of nitrogens with one attached hydrogen (secondary N) is 1. The summed E-state index contributed by atoms with van der Waals surface area (Å²) < 4.78 is 12.9. The first-order valence-electron chi connectivity index (χ1n) is 9.21. The predicted octanol–water partition coefficient (Wildman–Crippen LogP) is 4.35. The zero-order valence-electron chi connectivity index (χ0n) is 15.5. The Bertz CT molecular complexity index is 841. The van der Waals surface area contributed by atoms with E-state index in [4.69, 9.17) is 0 Å². The van der Waals surface area contributed by atoms with Gasteiger partial charge in [0.2, 0.25) is 0 Å². The molecule has 4 rings (SSSR count). The molecular weight excluding hydrogens is 342 g/mol. The summed E-state index contributed by atoms with van der Waals surface area (Å²) in [4.78, 5) is 5.42. The van der Waals surface area contributed by atoms with Gasteiger partial charge in [0, 0.05) is 34.2 Å². The Kier molecular flexibility index (Phi) is 6.58. The number of hydrogen-bond acceptors (Lipinski definition) is 3. The summed E-state index contributed by atoms with van der Waals surface area (Å²) in [6.07, 6.45) is 11.1. The van der Waals surface area contributed by atoms with Crippen molar-refractivity contribution in [3.05, 3.63) is 66.7 Å². The van der Waals surface area contributed by atoms with Gasteiger partial charge in [-0.25, -0.2) is 4.98 Å². The Morgan fingerprint density at radius 3 is 2.46 bits per heavy atom. The maximum Gasteiger partial charge on any atom is 0.130 e. The Hall–Kier alpha value is -1.98. The summed E-state index contributed by atoms with van der Waals surface area (Å²) in [7, 11) is -0.829. The number of hydrogen-bond donors (Lipinski definition) is 1. The summed E-state index contributed by atoms with van der Waals surface area (Å²) in [5.74, 6) is 1.12. The predicted molar refractivity (Wildman–Crippen MR) is 108 cm³/mol. The molecule has 2 atom stereocenters. The first kappa shape index (κ1) is 18.8. The number of pyridine rings is 1. The van der Waals surface area contributed by atoms with Gasteiger partial charge in [0.05, 0.1) is 17.8 Å². The third-order valence-electron chi connectivity index (χ3n) is 4.77. The highest BCUT2D eigenvalue weighted by Gasteiger charge is 2.19. The number of nitrogens with zero attached hydrogens (tertiary/aromatic N) is 2. The van der Waals surface area contributed by atoms with Crippen molar-refractivity contribution in [1.82, 2.24) is 14.7 Å². The summed E-state index contributed by atoms with van der Waals surface area (Å²) >= 11 is 0. The van der Waals surface area contributed by atoms with Gasteiger partial charge in [-0.3, -0.25) is 4.21 Å². The van der Waals surface area contributed by atoms with Crippen molar-refractivity contribution >= 4 is 16.3 Å². The van der Waals surface area contributed by atoms with Crippen LogP contribution in [0.2, 0.25) is 0 Å². The Balaban J connectivity index is 0.000000185. The number of aromatic nitrogens is 2. The fraction of sp³-hybridized carbons (Fsp3) is 0.381. The van der Waals surface area contributed by atoms with Gasteiger partial charge in [-0.1, -0.05) is 37.1 Å². The lowest BCUT2D eigenvalue weighted by atomic mass is 10.2. The van der Waals surface area contributed by atoms with Crippen LogP contribution in [0.3, 0.4) is 0 Å². The highest BCUT2D eigenvalue weighted by atomic mass is 32.2. The topological polar surface area (TPSA) is 46.4 Å². The summed E-state index contributed by atoms with van der Waals surface area (Å²) in [5.41, 5.74) is 1.17. The van der Waals surface area contributed by atoms with Crippen LogP contribution in [0.5, 0.6) is 0 Å². The van der Waals surface area contributed by atoms with Gasteiger partial charge in [0.25, 0.3) is 0 Å². The molecule has 0 spiro atoms. The third-order valence-corrected chi connectivity index (χ3v) is 5.71. The van der Waals surface area contributed by atoms with Gasteiger partial charge in [0.15, 0.2) is 0 Å². The lowest BCUT2D eigenvalue weighted by Gasteiger charge is -2.18. The van der Waals surface area contributed by atoms with E-state index >= 15 is 0 Å². The standard InChI is InChI=1S/C14H19N3.C7H8OS/c1-11(16-12-6-2-3-7-12)14-15-10-13-8-4-5-9-17(13)14;1-9(8)7-5-3-2-4-6-7/h4-5,8-12,16H,2-3,6-7H2,1H3;2-6H,1H3. The molecule has 1 N–H and O–H groups in total. The molecular formula is C21H27N3OS. The number of fused-ring (bicyclic) bond motifs is 1. The van der Waals surface area contributed by atoms with Gasteiger partial charge < -0.3 is 9.72 Å². The van der Waals surface area contributed by atoms with E-state index in [2.05, 4.69) is 46.0 Å². The Morgan fingerprint density at radius 1 is 1.12 bits per heavy atom. The molecule has 2 heterocycles. The van der Waals surface area contributed by atoms with Crippen molar-refractivity contribution in [2.45, 2.75) is 49.6 Å². The maximum atomic E-state index is 10.8. The minimum absolute atomic E-state index is 0.322. The zero-order chi connectivity index (χ0) is 18.4. The number of rotatable bonds is 4. The van der Waals surface area contributed by atoms with E-state index in [1.54, 1.807) is 6.26 Å². The second-order valence-electron chi connectivity index (χ2n) is 6.75. The molecule has 4 nitrogen and oxygen atoms in total. The van der Waals surface area contributed by atoms with Crippen molar-refractivity contribution in [3.8, 4) is 0 Å². The normalized spacial score (nSPS) is 16.8. The van der Waals surface area contributed by atoms with Gasteiger partial charge in [-0.2, -0.15) is 0 Å². The lowest BCUT2D eigenvalue weighted by Crippen LogP contribution is -2.30. The van der Waals surface area contributed by atoms with E-state index in [0.717, 1.165) is 10.7 Å². The van der Waals surface area contributed by atoms with E-state index in [0.29, 0.717) is 12.1 Å². The average molecular weight is 370 g/mol. The molecule has 0 bridgehead atoms. The van der Waals surface area contributed by atoms with Crippen LogP contribution in [-0.2, 0) is 10.8 Å². The molecule has 1 aliphatic carbocycles. The maximum absolute atomic E-state index is 10.8. The van der Waals surface area contributed by atoms with Gasteiger partial charge >= 0.3 is 0 Å². The molecule has 1 saturated carbocycles. The molecule has 1 aromatic carbocycles. The third kappa shape index (κ3) is 4.80.